The van der Waals surface area contributed by atoms with E-state index in [9.17, 15) is 14.7 Å². The molecule has 0 aromatic heterocycles. The highest BCUT2D eigenvalue weighted by atomic mass is 16.4. The number of hydrogen-bond acceptors (Lipinski definition) is 2. The third-order valence-electron chi connectivity index (χ3n) is 5.26. The maximum Gasteiger partial charge on any atom is 0.326 e. The number of fused-ring (bicyclic) bond motifs is 1. The third kappa shape index (κ3) is 2.37. The summed E-state index contributed by atoms with van der Waals surface area (Å²) in [6.45, 7) is 0.645. The number of hydrogen-bond donors (Lipinski definition) is 1. The molecule has 4 heteroatoms. The average Bonchev–Trinajstić information content (AvgIpc) is 3.17. The molecule has 0 aromatic rings. The standard InChI is InChI=1S/C15H23NO3/c17-14(13-10-6-3-4-7-11(10)13)16-9-5-1-2-8-12(16)15(18)19/h10-13H,1-9H2,(H,18,19). The van der Waals surface area contributed by atoms with Gasteiger partial charge in [0.05, 0.1) is 0 Å². The minimum atomic E-state index is -0.820. The summed E-state index contributed by atoms with van der Waals surface area (Å²) in [5.41, 5.74) is 0. The van der Waals surface area contributed by atoms with Gasteiger partial charge in [-0.25, -0.2) is 4.79 Å². The molecule has 0 spiro atoms. The van der Waals surface area contributed by atoms with Crippen molar-refractivity contribution in [2.24, 2.45) is 17.8 Å². The monoisotopic (exact) mass is 265 g/mol. The Morgan fingerprint density at radius 3 is 2.16 bits per heavy atom. The number of rotatable bonds is 2. The summed E-state index contributed by atoms with van der Waals surface area (Å²) in [5, 5.41) is 9.35. The second-order valence-corrected chi connectivity index (χ2v) is 6.37. The van der Waals surface area contributed by atoms with Crippen molar-refractivity contribution < 1.29 is 14.7 Å². The van der Waals surface area contributed by atoms with Gasteiger partial charge in [0, 0.05) is 12.5 Å². The number of amides is 1. The summed E-state index contributed by atoms with van der Waals surface area (Å²) in [6, 6.07) is -0.572. The molecule has 2 aliphatic carbocycles. The Morgan fingerprint density at radius 2 is 1.53 bits per heavy atom. The van der Waals surface area contributed by atoms with Crippen LogP contribution in [0.2, 0.25) is 0 Å². The number of carbonyl (C=O) groups excluding carboxylic acids is 1. The summed E-state index contributed by atoms with van der Waals surface area (Å²) < 4.78 is 0. The molecular formula is C15H23NO3. The van der Waals surface area contributed by atoms with Crippen LogP contribution in [0.25, 0.3) is 0 Å². The Hall–Kier alpha value is -1.06. The lowest BCUT2D eigenvalue weighted by molar-refractivity contribution is -0.151. The molecule has 1 aliphatic heterocycles. The minimum absolute atomic E-state index is 0.145. The van der Waals surface area contributed by atoms with E-state index in [0.717, 1.165) is 19.3 Å². The topological polar surface area (TPSA) is 57.6 Å². The van der Waals surface area contributed by atoms with E-state index < -0.39 is 12.0 Å². The summed E-state index contributed by atoms with van der Waals surface area (Å²) in [7, 11) is 0. The van der Waals surface area contributed by atoms with Gasteiger partial charge < -0.3 is 10.0 Å². The lowest BCUT2D eigenvalue weighted by Crippen LogP contribution is -2.45. The predicted molar refractivity (Wildman–Crippen MR) is 70.5 cm³/mol. The Labute approximate surface area is 114 Å². The molecule has 0 bridgehead atoms. The molecule has 1 N–H and O–H groups in total. The van der Waals surface area contributed by atoms with Crippen LogP contribution in [-0.4, -0.2) is 34.5 Å². The third-order valence-corrected chi connectivity index (χ3v) is 5.26. The van der Waals surface area contributed by atoms with Gasteiger partial charge in [0.25, 0.3) is 0 Å². The highest BCUT2D eigenvalue weighted by molar-refractivity contribution is 5.87. The molecule has 4 nitrogen and oxygen atoms in total. The largest absolute Gasteiger partial charge is 0.480 e. The van der Waals surface area contributed by atoms with E-state index in [1.54, 1.807) is 4.90 Å². The van der Waals surface area contributed by atoms with Crippen LogP contribution >= 0.6 is 0 Å². The molecule has 3 rings (SSSR count). The normalized spacial score (nSPS) is 38.2. The van der Waals surface area contributed by atoms with E-state index in [2.05, 4.69) is 0 Å². The first-order valence-electron chi connectivity index (χ1n) is 7.73. The second-order valence-electron chi connectivity index (χ2n) is 6.37. The molecule has 1 heterocycles. The summed E-state index contributed by atoms with van der Waals surface area (Å²) in [4.78, 5) is 25.7. The zero-order valence-electron chi connectivity index (χ0n) is 11.4. The van der Waals surface area contributed by atoms with Crippen LogP contribution in [0.5, 0.6) is 0 Å². The number of likely N-dealkylation sites (tertiary alicyclic amines) is 1. The van der Waals surface area contributed by atoms with Crippen molar-refractivity contribution in [1.82, 2.24) is 4.90 Å². The van der Waals surface area contributed by atoms with Gasteiger partial charge in [0.1, 0.15) is 6.04 Å². The van der Waals surface area contributed by atoms with Crippen molar-refractivity contribution in [2.45, 2.75) is 57.4 Å². The van der Waals surface area contributed by atoms with Crippen LogP contribution < -0.4 is 0 Å². The molecule has 3 aliphatic rings. The second kappa shape index (κ2) is 5.14. The first kappa shape index (κ1) is 12.9. The minimum Gasteiger partial charge on any atom is -0.480 e. The van der Waals surface area contributed by atoms with Gasteiger partial charge in [-0.1, -0.05) is 25.7 Å². The molecule has 106 valence electrons. The van der Waals surface area contributed by atoms with Crippen molar-refractivity contribution in [3.05, 3.63) is 0 Å². The molecule has 3 fully saturated rings. The number of carboxylic acids is 1. The van der Waals surface area contributed by atoms with E-state index in [1.807, 2.05) is 0 Å². The number of aliphatic carboxylic acids is 1. The summed E-state index contributed by atoms with van der Waals surface area (Å²) in [6.07, 6.45) is 8.39. The molecule has 2 saturated carbocycles. The lowest BCUT2D eigenvalue weighted by atomic mass is 10.0. The Kier molecular flexibility index (Phi) is 3.50. The van der Waals surface area contributed by atoms with Gasteiger partial charge in [0.2, 0.25) is 5.91 Å². The summed E-state index contributed by atoms with van der Waals surface area (Å²) in [5.74, 6) is 0.616. The van der Waals surface area contributed by atoms with Gasteiger partial charge in [-0.05, 0) is 37.5 Å². The quantitative estimate of drug-likeness (QED) is 0.833. The van der Waals surface area contributed by atoms with Crippen LogP contribution in [0.3, 0.4) is 0 Å². The van der Waals surface area contributed by atoms with E-state index in [4.69, 9.17) is 0 Å². The molecule has 19 heavy (non-hydrogen) atoms. The smallest absolute Gasteiger partial charge is 0.326 e. The van der Waals surface area contributed by atoms with Crippen LogP contribution in [-0.2, 0) is 9.59 Å². The van der Waals surface area contributed by atoms with Gasteiger partial charge >= 0.3 is 5.97 Å². The number of nitrogens with zero attached hydrogens (tertiary/aromatic N) is 1. The van der Waals surface area contributed by atoms with E-state index in [0.29, 0.717) is 24.8 Å². The molecule has 3 atom stereocenters. The molecular weight excluding hydrogens is 242 g/mol. The highest BCUT2D eigenvalue weighted by Gasteiger charge is 2.56. The van der Waals surface area contributed by atoms with Crippen molar-refractivity contribution in [3.63, 3.8) is 0 Å². The summed E-state index contributed by atoms with van der Waals surface area (Å²) >= 11 is 0. The molecule has 0 radical (unpaired) electrons. The first-order chi connectivity index (χ1) is 9.20. The Balaban J connectivity index is 1.71. The first-order valence-corrected chi connectivity index (χ1v) is 7.73. The fourth-order valence-corrected chi connectivity index (χ4v) is 4.18. The van der Waals surface area contributed by atoms with E-state index in [-0.39, 0.29) is 11.8 Å². The van der Waals surface area contributed by atoms with E-state index in [1.165, 1.54) is 25.7 Å². The maximum absolute atomic E-state index is 12.7. The molecule has 3 unspecified atom stereocenters. The fraction of sp³-hybridized carbons (Fsp3) is 0.867. The lowest BCUT2D eigenvalue weighted by Gasteiger charge is -2.27. The Morgan fingerprint density at radius 1 is 0.895 bits per heavy atom. The molecule has 1 amide bonds. The van der Waals surface area contributed by atoms with Crippen LogP contribution in [0.15, 0.2) is 0 Å². The van der Waals surface area contributed by atoms with Crippen molar-refractivity contribution in [3.8, 4) is 0 Å². The van der Waals surface area contributed by atoms with Crippen LogP contribution in [0, 0.1) is 17.8 Å². The molecule has 0 aromatic carbocycles. The zero-order chi connectivity index (χ0) is 13.4. The van der Waals surface area contributed by atoms with E-state index >= 15 is 0 Å². The van der Waals surface area contributed by atoms with Crippen LogP contribution in [0.1, 0.15) is 51.4 Å². The number of carbonyl (C=O) groups is 2. The van der Waals surface area contributed by atoms with Gasteiger partial charge in [-0.2, -0.15) is 0 Å². The SMILES string of the molecule is O=C(O)C1CCCCCN1C(=O)C1C2CCCCC21. The van der Waals surface area contributed by atoms with Gasteiger partial charge in [0.15, 0.2) is 0 Å². The average molecular weight is 265 g/mol. The highest BCUT2D eigenvalue weighted by Crippen LogP contribution is 2.56. The fourth-order valence-electron chi connectivity index (χ4n) is 4.18. The number of carboxylic acid groups (broad SMARTS) is 1. The van der Waals surface area contributed by atoms with Crippen LogP contribution in [0.4, 0.5) is 0 Å². The van der Waals surface area contributed by atoms with Crippen molar-refractivity contribution in [1.29, 1.82) is 0 Å². The van der Waals surface area contributed by atoms with Gasteiger partial charge in [-0.3, -0.25) is 4.79 Å². The zero-order valence-corrected chi connectivity index (χ0v) is 11.4. The maximum atomic E-state index is 12.7. The Bertz CT molecular complexity index is 370. The van der Waals surface area contributed by atoms with Gasteiger partial charge in [-0.15, -0.1) is 0 Å². The predicted octanol–water partition coefficient (Wildman–Crippen LogP) is 2.28. The van der Waals surface area contributed by atoms with Crippen molar-refractivity contribution >= 4 is 11.9 Å². The van der Waals surface area contributed by atoms with Crippen molar-refractivity contribution in [2.75, 3.05) is 6.54 Å². The molecule has 1 saturated heterocycles.